The van der Waals surface area contributed by atoms with E-state index in [9.17, 15) is 13.2 Å². The van der Waals surface area contributed by atoms with Gasteiger partial charge in [-0.3, -0.25) is 4.79 Å². The molecule has 1 atom stereocenters. The molecule has 1 amide bonds. The lowest BCUT2D eigenvalue weighted by Crippen LogP contribution is -2.35. The summed E-state index contributed by atoms with van der Waals surface area (Å²) in [6, 6.07) is 5.53. The fraction of sp³-hybridized carbons (Fsp3) is 0.462. The number of nitrogens with zero attached hydrogens (tertiary/aromatic N) is 1. The molecule has 3 N–H and O–H groups in total. The van der Waals surface area contributed by atoms with Crippen LogP contribution in [0.25, 0.3) is 0 Å². The Kier molecular flexibility index (Phi) is 5.67. The number of hydrogen-bond acceptors (Lipinski definition) is 4. The molecule has 1 rings (SSSR count). The molecule has 0 heterocycles. The molecule has 1 aromatic carbocycles. The van der Waals surface area contributed by atoms with Crippen molar-refractivity contribution in [1.29, 1.82) is 0 Å². The van der Waals surface area contributed by atoms with Crippen molar-refractivity contribution in [2.45, 2.75) is 30.7 Å². The van der Waals surface area contributed by atoms with Crippen LogP contribution in [-0.4, -0.2) is 38.8 Å². The smallest absolute Gasteiger partial charge is 0.242 e. The van der Waals surface area contributed by atoms with Gasteiger partial charge in [-0.25, -0.2) is 12.7 Å². The first kappa shape index (κ1) is 16.6. The van der Waals surface area contributed by atoms with E-state index in [1.807, 2.05) is 6.92 Å². The maximum atomic E-state index is 12.0. The second kappa shape index (κ2) is 6.83. The van der Waals surface area contributed by atoms with E-state index in [1.54, 1.807) is 12.1 Å². The number of amides is 1. The van der Waals surface area contributed by atoms with Crippen LogP contribution < -0.4 is 11.1 Å². The molecule has 0 aliphatic heterocycles. The van der Waals surface area contributed by atoms with Gasteiger partial charge in [-0.1, -0.05) is 19.4 Å². The fourth-order valence-electron chi connectivity index (χ4n) is 1.62. The number of hydrogen-bond donors (Lipinski definition) is 2. The standard InChI is InChI=1S/C13H21N3O3S/c1-4-6-12(14)13(17)15-10-7-5-8-11(9-10)20(18,19)16(2)3/h5,7-9,12H,4,6,14H2,1-3H3,(H,15,17). The number of benzene rings is 1. The zero-order valence-electron chi connectivity index (χ0n) is 12.0. The number of rotatable bonds is 6. The van der Waals surface area contributed by atoms with Crippen molar-refractivity contribution in [3.63, 3.8) is 0 Å². The largest absolute Gasteiger partial charge is 0.325 e. The van der Waals surface area contributed by atoms with E-state index in [0.29, 0.717) is 12.1 Å². The molecule has 0 fully saturated rings. The van der Waals surface area contributed by atoms with Gasteiger partial charge >= 0.3 is 0 Å². The molecule has 0 aliphatic rings. The number of nitrogens with two attached hydrogens (primary N) is 1. The minimum Gasteiger partial charge on any atom is -0.325 e. The van der Waals surface area contributed by atoms with Crippen LogP contribution in [0.15, 0.2) is 29.2 Å². The van der Waals surface area contributed by atoms with Crippen LogP contribution in [0, 0.1) is 0 Å². The summed E-state index contributed by atoms with van der Waals surface area (Å²) >= 11 is 0. The Morgan fingerprint density at radius 1 is 1.40 bits per heavy atom. The SMILES string of the molecule is CCCC(N)C(=O)Nc1cccc(S(=O)(=O)N(C)C)c1. The van der Waals surface area contributed by atoms with Crippen molar-refractivity contribution in [2.75, 3.05) is 19.4 Å². The molecule has 6 nitrogen and oxygen atoms in total. The molecule has 0 bridgehead atoms. The Labute approximate surface area is 120 Å². The molecule has 112 valence electrons. The van der Waals surface area contributed by atoms with Gasteiger partial charge in [0.15, 0.2) is 0 Å². The topological polar surface area (TPSA) is 92.5 Å². The van der Waals surface area contributed by atoms with Crippen LogP contribution in [0.1, 0.15) is 19.8 Å². The van der Waals surface area contributed by atoms with Gasteiger partial charge in [0.25, 0.3) is 0 Å². The van der Waals surface area contributed by atoms with Crippen LogP contribution in [-0.2, 0) is 14.8 Å². The molecular formula is C13H21N3O3S. The summed E-state index contributed by atoms with van der Waals surface area (Å²) in [4.78, 5) is 11.9. The molecule has 0 saturated carbocycles. The van der Waals surface area contributed by atoms with Crippen LogP contribution >= 0.6 is 0 Å². The lowest BCUT2D eigenvalue weighted by molar-refractivity contribution is -0.117. The highest BCUT2D eigenvalue weighted by atomic mass is 32.2. The monoisotopic (exact) mass is 299 g/mol. The summed E-state index contributed by atoms with van der Waals surface area (Å²) in [5.74, 6) is -0.314. The van der Waals surface area contributed by atoms with Crippen molar-refractivity contribution in [1.82, 2.24) is 4.31 Å². The van der Waals surface area contributed by atoms with Gasteiger partial charge in [0.1, 0.15) is 0 Å². The van der Waals surface area contributed by atoms with Crippen molar-refractivity contribution in [3.05, 3.63) is 24.3 Å². The van der Waals surface area contributed by atoms with Gasteiger partial charge in [-0.15, -0.1) is 0 Å². The Morgan fingerprint density at radius 3 is 2.60 bits per heavy atom. The van der Waals surface area contributed by atoms with Crippen molar-refractivity contribution in [2.24, 2.45) is 5.73 Å². The van der Waals surface area contributed by atoms with E-state index in [0.717, 1.165) is 10.7 Å². The molecule has 20 heavy (non-hydrogen) atoms. The maximum absolute atomic E-state index is 12.0. The van der Waals surface area contributed by atoms with Gasteiger partial charge in [0, 0.05) is 19.8 Å². The van der Waals surface area contributed by atoms with E-state index in [4.69, 9.17) is 5.73 Å². The molecule has 0 aromatic heterocycles. The third kappa shape index (κ3) is 4.03. The zero-order valence-corrected chi connectivity index (χ0v) is 12.8. The van der Waals surface area contributed by atoms with E-state index in [-0.39, 0.29) is 10.8 Å². The second-order valence-electron chi connectivity index (χ2n) is 4.70. The van der Waals surface area contributed by atoms with Gasteiger partial charge in [0.05, 0.1) is 10.9 Å². The highest BCUT2D eigenvalue weighted by molar-refractivity contribution is 7.89. The summed E-state index contributed by atoms with van der Waals surface area (Å²) in [6.45, 7) is 1.94. The molecule has 0 saturated heterocycles. The molecule has 1 unspecified atom stereocenters. The van der Waals surface area contributed by atoms with Crippen molar-refractivity contribution < 1.29 is 13.2 Å². The Balaban J connectivity index is 2.92. The molecule has 7 heteroatoms. The highest BCUT2D eigenvalue weighted by Gasteiger charge is 2.18. The second-order valence-corrected chi connectivity index (χ2v) is 6.85. The van der Waals surface area contributed by atoms with Crippen LogP contribution in [0.4, 0.5) is 5.69 Å². The summed E-state index contributed by atoms with van der Waals surface area (Å²) < 4.78 is 25.1. The molecule has 0 aliphatic carbocycles. The van der Waals surface area contributed by atoms with Crippen molar-refractivity contribution >= 4 is 21.6 Å². The summed E-state index contributed by atoms with van der Waals surface area (Å²) in [7, 11) is -0.603. The van der Waals surface area contributed by atoms with E-state index in [2.05, 4.69) is 5.32 Å². The van der Waals surface area contributed by atoms with E-state index in [1.165, 1.54) is 26.2 Å². The number of carbonyl (C=O) groups excluding carboxylic acids is 1. The van der Waals surface area contributed by atoms with Crippen LogP contribution in [0.2, 0.25) is 0 Å². The lowest BCUT2D eigenvalue weighted by atomic mass is 10.1. The van der Waals surface area contributed by atoms with Crippen molar-refractivity contribution in [3.8, 4) is 0 Å². The minimum absolute atomic E-state index is 0.129. The number of carbonyl (C=O) groups is 1. The van der Waals surface area contributed by atoms with Crippen LogP contribution in [0.5, 0.6) is 0 Å². The van der Waals surface area contributed by atoms with Gasteiger partial charge in [-0.05, 0) is 24.6 Å². The number of anilines is 1. The lowest BCUT2D eigenvalue weighted by Gasteiger charge is -2.14. The minimum atomic E-state index is -3.51. The normalized spacial score (nSPS) is 13.2. The first-order valence-electron chi connectivity index (χ1n) is 6.38. The summed E-state index contributed by atoms with van der Waals surface area (Å²) in [5.41, 5.74) is 6.13. The predicted molar refractivity (Wildman–Crippen MR) is 78.8 cm³/mol. The van der Waals surface area contributed by atoms with Crippen LogP contribution in [0.3, 0.4) is 0 Å². The zero-order chi connectivity index (χ0) is 15.3. The third-order valence-electron chi connectivity index (χ3n) is 2.82. The molecular weight excluding hydrogens is 278 g/mol. The first-order chi connectivity index (χ1) is 9.28. The third-order valence-corrected chi connectivity index (χ3v) is 4.63. The van der Waals surface area contributed by atoms with E-state index >= 15 is 0 Å². The number of sulfonamides is 1. The van der Waals surface area contributed by atoms with Gasteiger partial charge < -0.3 is 11.1 Å². The van der Waals surface area contributed by atoms with Gasteiger partial charge in [0.2, 0.25) is 15.9 Å². The average Bonchev–Trinajstić information content (AvgIpc) is 2.39. The average molecular weight is 299 g/mol. The molecule has 1 aromatic rings. The Morgan fingerprint density at radius 2 is 2.05 bits per heavy atom. The maximum Gasteiger partial charge on any atom is 0.242 e. The summed E-state index contributed by atoms with van der Waals surface area (Å²) in [6.07, 6.45) is 1.39. The Bertz CT molecular complexity index is 570. The molecule has 0 spiro atoms. The molecule has 0 radical (unpaired) electrons. The fourth-order valence-corrected chi connectivity index (χ4v) is 2.57. The predicted octanol–water partition coefficient (Wildman–Crippen LogP) is 1.00. The van der Waals surface area contributed by atoms with Gasteiger partial charge in [-0.2, -0.15) is 0 Å². The number of nitrogens with one attached hydrogen (secondary N) is 1. The quantitative estimate of drug-likeness (QED) is 0.819. The highest BCUT2D eigenvalue weighted by Crippen LogP contribution is 2.18. The first-order valence-corrected chi connectivity index (χ1v) is 7.82. The Hall–Kier alpha value is -1.44. The van der Waals surface area contributed by atoms with E-state index < -0.39 is 16.1 Å². The summed E-state index contributed by atoms with van der Waals surface area (Å²) in [5, 5.41) is 2.63.